The molecule has 0 saturated heterocycles. The van der Waals surface area contributed by atoms with Crippen molar-refractivity contribution < 1.29 is 45.5 Å². The van der Waals surface area contributed by atoms with Crippen LogP contribution in [0, 0.1) is 0 Å². The molecule has 9 nitrogen and oxygen atoms in total. The fourth-order valence-corrected chi connectivity index (χ4v) is 1.83. The Labute approximate surface area is 156 Å². The fraction of sp³-hybridized carbons (Fsp3) is 0.706. The van der Waals surface area contributed by atoms with E-state index in [-0.39, 0.29) is 13.1 Å². The van der Waals surface area contributed by atoms with Crippen LogP contribution in [-0.4, -0.2) is 62.8 Å². The minimum absolute atomic E-state index is 0.198. The Hall–Kier alpha value is -1.49. The summed E-state index contributed by atoms with van der Waals surface area (Å²) < 4.78 is 0. The Morgan fingerprint density at radius 1 is 0.808 bits per heavy atom. The molecule has 0 aromatic rings. The van der Waals surface area contributed by atoms with Gasteiger partial charge >= 0.3 is 0 Å². The summed E-state index contributed by atoms with van der Waals surface area (Å²) >= 11 is 0. The minimum atomic E-state index is -2.33. The number of hydrogen-bond acceptors (Lipinski definition) is 7. The van der Waals surface area contributed by atoms with Gasteiger partial charge in [-0.1, -0.05) is 39.8 Å². The summed E-state index contributed by atoms with van der Waals surface area (Å²) in [6.45, 7) is 12.2. The lowest BCUT2D eigenvalue weighted by atomic mass is 10.2. The summed E-state index contributed by atoms with van der Waals surface area (Å²) in [6.07, 6.45) is 6.63. The summed E-state index contributed by atoms with van der Waals surface area (Å²) in [5.74, 6) is 0. The molecule has 0 saturated carbocycles. The Morgan fingerprint density at radius 2 is 1.08 bits per heavy atom. The number of hydroxylamine groups is 8. The summed E-state index contributed by atoms with van der Waals surface area (Å²) in [7, 11) is 0. The van der Waals surface area contributed by atoms with E-state index in [4.69, 9.17) is 35.8 Å². The van der Waals surface area contributed by atoms with Gasteiger partial charge in [0, 0.05) is 12.8 Å². The van der Waals surface area contributed by atoms with Gasteiger partial charge in [0.2, 0.25) is 0 Å². The first-order chi connectivity index (χ1) is 12.0. The van der Waals surface area contributed by atoms with Crippen molar-refractivity contribution in [3.8, 4) is 0 Å². The van der Waals surface area contributed by atoms with Crippen molar-refractivity contribution in [1.82, 2.24) is 0 Å². The molecular weight excluding hydrogens is 344 g/mol. The standard InChI is InChI=1S/2C8H18NO2.CH2O3/c2*1-3-5-6-8-9(10,11)7-4-2;2-1(3)4/h2*4,10-11H,2-3,5-8H2,1H3;(H2,2,3,4)/q2*+1;/p-2. The second-order valence-electron chi connectivity index (χ2n) is 5.81. The Kier molecular flexibility index (Phi) is 20.6. The molecule has 4 N–H and O–H groups in total. The first-order valence-corrected chi connectivity index (χ1v) is 8.72. The van der Waals surface area contributed by atoms with Crippen LogP contribution in [0.3, 0.4) is 0 Å². The number of quaternary nitrogens is 2. The van der Waals surface area contributed by atoms with Gasteiger partial charge in [0.1, 0.15) is 13.1 Å². The van der Waals surface area contributed by atoms with Crippen molar-refractivity contribution in [2.45, 2.75) is 52.4 Å². The first kappa shape index (κ1) is 29.3. The summed E-state index contributed by atoms with van der Waals surface area (Å²) in [5.41, 5.74) is 0. The molecular formula is C17H36N2O7. The zero-order valence-electron chi connectivity index (χ0n) is 16.0. The number of hydrogen-bond donors (Lipinski definition) is 4. The topological polar surface area (TPSA) is 144 Å². The van der Waals surface area contributed by atoms with E-state index < -0.39 is 15.8 Å². The number of carbonyl (C=O) groups is 1. The Morgan fingerprint density at radius 3 is 1.27 bits per heavy atom. The number of rotatable bonds is 12. The summed E-state index contributed by atoms with van der Waals surface area (Å²) in [6, 6.07) is 0. The van der Waals surface area contributed by atoms with Gasteiger partial charge in [-0.3, -0.25) is 0 Å². The molecule has 0 aliphatic heterocycles. The zero-order chi connectivity index (χ0) is 21.1. The van der Waals surface area contributed by atoms with E-state index in [2.05, 4.69) is 27.0 Å². The molecule has 9 heteroatoms. The molecule has 156 valence electrons. The molecule has 0 aliphatic rings. The third-order valence-corrected chi connectivity index (χ3v) is 3.08. The molecule has 0 fully saturated rings. The quantitative estimate of drug-likeness (QED) is 0.174. The molecule has 0 aromatic heterocycles. The highest BCUT2D eigenvalue weighted by Crippen LogP contribution is 2.03. The van der Waals surface area contributed by atoms with Gasteiger partial charge in [0.25, 0.3) is 0 Å². The van der Waals surface area contributed by atoms with E-state index >= 15 is 0 Å². The summed E-state index contributed by atoms with van der Waals surface area (Å²) in [5, 5.41) is 53.3. The number of unbranched alkanes of at least 4 members (excludes halogenated alkanes) is 4. The highest BCUT2D eigenvalue weighted by Gasteiger charge is 2.19. The van der Waals surface area contributed by atoms with Crippen LogP contribution < -0.4 is 10.2 Å². The van der Waals surface area contributed by atoms with Crippen molar-refractivity contribution >= 4 is 6.16 Å². The SMILES string of the molecule is C=CC[N+](O)(O)CCCCC.C=CC[N+](O)(O)CCCCC.O=C([O-])[O-]. The average molecular weight is 380 g/mol. The minimum Gasteiger partial charge on any atom is -0.652 e. The van der Waals surface area contributed by atoms with Crippen molar-refractivity contribution in [2.75, 3.05) is 26.2 Å². The van der Waals surface area contributed by atoms with E-state index in [9.17, 15) is 0 Å². The van der Waals surface area contributed by atoms with Crippen LogP contribution in [0.4, 0.5) is 4.79 Å². The van der Waals surface area contributed by atoms with E-state index in [1.807, 2.05) is 0 Å². The van der Waals surface area contributed by atoms with Crippen LogP contribution >= 0.6 is 0 Å². The fourth-order valence-electron chi connectivity index (χ4n) is 1.83. The van der Waals surface area contributed by atoms with Gasteiger partial charge in [-0.25, -0.2) is 0 Å². The lowest BCUT2D eigenvalue weighted by Crippen LogP contribution is -2.41. The predicted molar refractivity (Wildman–Crippen MR) is 92.0 cm³/mol. The third-order valence-electron chi connectivity index (χ3n) is 3.08. The van der Waals surface area contributed by atoms with Crippen LogP contribution in [0.1, 0.15) is 52.4 Å². The van der Waals surface area contributed by atoms with Crippen LogP contribution in [0.15, 0.2) is 25.3 Å². The normalized spacial score (nSPS) is 10.7. The first-order valence-electron chi connectivity index (χ1n) is 8.72. The molecule has 0 aromatic carbocycles. The second-order valence-corrected chi connectivity index (χ2v) is 5.81. The van der Waals surface area contributed by atoms with Crippen LogP contribution in [0.25, 0.3) is 0 Å². The predicted octanol–water partition coefficient (Wildman–Crippen LogP) is 1.47. The number of carboxylic acid groups (broad SMARTS) is 2. The van der Waals surface area contributed by atoms with Crippen LogP contribution in [0.2, 0.25) is 0 Å². The van der Waals surface area contributed by atoms with Gasteiger partial charge in [-0.15, -0.1) is 0 Å². The molecule has 0 radical (unpaired) electrons. The van der Waals surface area contributed by atoms with Gasteiger partial charge in [0.15, 0.2) is 13.1 Å². The van der Waals surface area contributed by atoms with E-state index in [1.165, 1.54) is 12.2 Å². The molecule has 0 unspecified atom stereocenters. The van der Waals surface area contributed by atoms with Gasteiger partial charge < -0.3 is 15.0 Å². The van der Waals surface area contributed by atoms with Crippen molar-refractivity contribution in [3.05, 3.63) is 25.3 Å². The van der Waals surface area contributed by atoms with Crippen molar-refractivity contribution in [2.24, 2.45) is 0 Å². The van der Waals surface area contributed by atoms with E-state index in [0.29, 0.717) is 13.1 Å². The molecule has 0 atom stereocenters. The third kappa shape index (κ3) is 30.4. The monoisotopic (exact) mass is 380 g/mol. The van der Waals surface area contributed by atoms with Crippen LogP contribution in [0.5, 0.6) is 0 Å². The Balaban J connectivity index is -0.000000338. The lowest BCUT2D eigenvalue weighted by molar-refractivity contribution is -1.24. The van der Waals surface area contributed by atoms with Crippen molar-refractivity contribution in [1.29, 1.82) is 0 Å². The number of carbonyl (C=O) groups excluding carboxylic acids is 1. The molecule has 0 bridgehead atoms. The lowest BCUT2D eigenvalue weighted by Gasteiger charge is -2.19. The largest absolute Gasteiger partial charge is 0.652 e. The smallest absolute Gasteiger partial charge is 0.160 e. The summed E-state index contributed by atoms with van der Waals surface area (Å²) in [4.78, 5) is 6.51. The second kappa shape index (κ2) is 18.3. The van der Waals surface area contributed by atoms with Gasteiger partial charge in [-0.05, 0) is 40.8 Å². The average Bonchev–Trinajstić information content (AvgIpc) is 2.47. The molecule has 0 heterocycles. The van der Waals surface area contributed by atoms with Crippen LogP contribution in [-0.2, 0) is 0 Å². The Bertz CT molecular complexity index is 329. The highest BCUT2D eigenvalue weighted by atomic mass is 16.8. The highest BCUT2D eigenvalue weighted by molar-refractivity contribution is 5.47. The number of nitrogens with zero attached hydrogens (tertiary/aromatic N) is 2. The maximum atomic E-state index is 9.16. The molecule has 26 heavy (non-hydrogen) atoms. The van der Waals surface area contributed by atoms with Gasteiger partial charge in [-0.2, -0.15) is 20.8 Å². The maximum Gasteiger partial charge on any atom is 0.160 e. The van der Waals surface area contributed by atoms with E-state index in [1.54, 1.807) is 0 Å². The molecule has 0 amide bonds. The molecule has 0 spiro atoms. The maximum absolute atomic E-state index is 9.16. The molecule has 0 rings (SSSR count). The zero-order valence-corrected chi connectivity index (χ0v) is 16.0. The van der Waals surface area contributed by atoms with Gasteiger partial charge in [0.05, 0.1) is 0 Å². The van der Waals surface area contributed by atoms with Crippen molar-refractivity contribution in [3.63, 3.8) is 0 Å². The van der Waals surface area contributed by atoms with E-state index in [0.717, 1.165) is 38.5 Å². The molecule has 0 aliphatic carbocycles.